The third-order valence-corrected chi connectivity index (χ3v) is 5.07. The molecule has 156 valence electrons. The summed E-state index contributed by atoms with van der Waals surface area (Å²) in [5, 5.41) is 8.59. The van der Waals surface area contributed by atoms with E-state index in [-0.39, 0.29) is 17.5 Å². The number of pyridine rings is 2. The number of aromatic carboxylic acids is 1. The van der Waals surface area contributed by atoms with E-state index in [0.29, 0.717) is 16.3 Å². The summed E-state index contributed by atoms with van der Waals surface area (Å²) in [6.45, 7) is 0. The maximum Gasteiger partial charge on any atom is 0.341 e. The van der Waals surface area contributed by atoms with E-state index in [1.54, 1.807) is 18.2 Å². The fraction of sp³-hybridized carbons (Fsp3) is 0.0455. The fourth-order valence-electron chi connectivity index (χ4n) is 3.29. The first-order valence-corrected chi connectivity index (χ1v) is 9.30. The molecule has 0 saturated heterocycles. The van der Waals surface area contributed by atoms with Crippen LogP contribution in [-0.4, -0.2) is 21.0 Å². The Labute approximate surface area is 177 Å². The summed E-state index contributed by atoms with van der Waals surface area (Å²) < 4.78 is 44.2. The van der Waals surface area contributed by atoms with Crippen molar-refractivity contribution in [2.45, 2.75) is 6.42 Å². The van der Waals surface area contributed by atoms with Crippen LogP contribution in [0, 0.1) is 17.5 Å². The second kappa shape index (κ2) is 7.88. The molecule has 5 nitrogen and oxygen atoms in total. The van der Waals surface area contributed by atoms with Crippen molar-refractivity contribution in [3.05, 3.63) is 98.3 Å². The van der Waals surface area contributed by atoms with Crippen molar-refractivity contribution >= 4 is 28.5 Å². The SMILES string of the molecule is O=C(O)c1c[nH]c2c(F)c(Cc3ccc(-c4ccc(Cl)nc4)cc3F)cc(F)c2c1=O. The first-order valence-electron chi connectivity index (χ1n) is 8.92. The predicted octanol–water partition coefficient (Wildman–Crippen LogP) is 4.95. The number of nitrogens with one attached hydrogen (secondary N) is 1. The smallest absolute Gasteiger partial charge is 0.341 e. The molecule has 0 radical (unpaired) electrons. The zero-order valence-corrected chi connectivity index (χ0v) is 16.3. The average Bonchev–Trinajstić information content (AvgIpc) is 2.73. The summed E-state index contributed by atoms with van der Waals surface area (Å²) in [6.07, 6.45) is 2.00. The summed E-state index contributed by atoms with van der Waals surface area (Å²) in [4.78, 5) is 29.5. The topological polar surface area (TPSA) is 83.0 Å². The van der Waals surface area contributed by atoms with Crippen LogP contribution in [0.1, 0.15) is 21.5 Å². The Kier molecular flexibility index (Phi) is 5.24. The molecular formula is C22H12ClF3N2O3. The lowest BCUT2D eigenvalue weighted by Gasteiger charge is -2.10. The van der Waals surface area contributed by atoms with Gasteiger partial charge in [-0.1, -0.05) is 23.7 Å². The number of halogens is 4. The minimum Gasteiger partial charge on any atom is -0.477 e. The van der Waals surface area contributed by atoms with Crippen LogP contribution in [-0.2, 0) is 6.42 Å². The Morgan fingerprint density at radius 1 is 1.03 bits per heavy atom. The Hall–Kier alpha value is -3.65. The molecule has 0 aliphatic carbocycles. The molecule has 2 aromatic heterocycles. The molecule has 2 N–H and O–H groups in total. The number of carboxylic acid groups (broad SMARTS) is 1. The molecule has 31 heavy (non-hydrogen) atoms. The Morgan fingerprint density at radius 2 is 1.77 bits per heavy atom. The van der Waals surface area contributed by atoms with Crippen LogP contribution >= 0.6 is 11.6 Å². The van der Waals surface area contributed by atoms with Gasteiger partial charge >= 0.3 is 5.97 Å². The van der Waals surface area contributed by atoms with E-state index in [1.165, 1.54) is 18.3 Å². The molecule has 9 heteroatoms. The number of benzene rings is 2. The molecular weight excluding hydrogens is 433 g/mol. The van der Waals surface area contributed by atoms with Gasteiger partial charge in [0, 0.05) is 24.4 Å². The van der Waals surface area contributed by atoms with Crippen LogP contribution in [0.3, 0.4) is 0 Å². The largest absolute Gasteiger partial charge is 0.477 e. The Bertz CT molecular complexity index is 1400. The highest BCUT2D eigenvalue weighted by molar-refractivity contribution is 6.29. The zero-order valence-electron chi connectivity index (χ0n) is 15.5. The summed E-state index contributed by atoms with van der Waals surface area (Å²) in [7, 11) is 0. The number of fused-ring (bicyclic) bond motifs is 1. The van der Waals surface area contributed by atoms with E-state index >= 15 is 0 Å². The van der Waals surface area contributed by atoms with Gasteiger partial charge in [-0.05, 0) is 41.0 Å². The number of rotatable bonds is 4. The molecule has 0 spiro atoms. The van der Waals surface area contributed by atoms with E-state index in [4.69, 9.17) is 16.7 Å². The molecule has 0 unspecified atom stereocenters. The third kappa shape index (κ3) is 3.77. The molecule has 2 aromatic carbocycles. The van der Waals surface area contributed by atoms with Gasteiger partial charge < -0.3 is 10.1 Å². The van der Waals surface area contributed by atoms with E-state index in [0.717, 1.165) is 12.3 Å². The average molecular weight is 445 g/mol. The maximum atomic E-state index is 14.9. The molecule has 4 rings (SSSR count). The van der Waals surface area contributed by atoms with Crippen molar-refractivity contribution < 1.29 is 23.1 Å². The molecule has 0 fully saturated rings. The van der Waals surface area contributed by atoms with E-state index in [9.17, 15) is 22.8 Å². The quantitative estimate of drug-likeness (QED) is 0.436. The summed E-state index contributed by atoms with van der Waals surface area (Å²) >= 11 is 5.75. The monoisotopic (exact) mass is 444 g/mol. The lowest BCUT2D eigenvalue weighted by molar-refractivity contribution is 0.0695. The van der Waals surface area contributed by atoms with Gasteiger partial charge in [-0.25, -0.2) is 22.9 Å². The van der Waals surface area contributed by atoms with Gasteiger partial charge in [-0.3, -0.25) is 4.79 Å². The minimum atomic E-state index is -1.56. The standard InChI is InChI=1S/C22H12ClF3N2O3/c23-17-4-3-12(8-27-17)10-1-2-11(15(24)6-10)5-13-7-16(25)18-20(19(13)26)28-9-14(21(18)29)22(30)31/h1-4,6-9H,5H2,(H,28,29)(H,30,31). The highest BCUT2D eigenvalue weighted by Gasteiger charge is 2.20. The Morgan fingerprint density at radius 3 is 2.42 bits per heavy atom. The Balaban J connectivity index is 1.74. The molecule has 0 atom stereocenters. The predicted molar refractivity (Wildman–Crippen MR) is 109 cm³/mol. The summed E-state index contributed by atoms with van der Waals surface area (Å²) in [6, 6.07) is 8.30. The van der Waals surface area contributed by atoms with Crippen molar-refractivity contribution in [2.75, 3.05) is 0 Å². The van der Waals surface area contributed by atoms with Crippen molar-refractivity contribution in [1.29, 1.82) is 0 Å². The van der Waals surface area contributed by atoms with Gasteiger partial charge in [0.2, 0.25) is 5.43 Å². The number of H-pyrrole nitrogens is 1. The zero-order chi connectivity index (χ0) is 22.3. The van der Waals surface area contributed by atoms with Crippen LogP contribution in [0.15, 0.2) is 53.6 Å². The molecule has 0 saturated carbocycles. The minimum absolute atomic E-state index is 0.104. The number of nitrogens with zero attached hydrogens (tertiary/aromatic N) is 1. The molecule has 2 heterocycles. The van der Waals surface area contributed by atoms with Crippen LogP contribution in [0.4, 0.5) is 13.2 Å². The fourth-order valence-corrected chi connectivity index (χ4v) is 3.40. The van der Waals surface area contributed by atoms with E-state index in [1.807, 2.05) is 0 Å². The van der Waals surface area contributed by atoms with Gasteiger partial charge in [0.05, 0.1) is 10.9 Å². The van der Waals surface area contributed by atoms with E-state index < -0.39 is 45.3 Å². The number of aromatic nitrogens is 2. The van der Waals surface area contributed by atoms with E-state index in [2.05, 4.69) is 9.97 Å². The number of hydrogen-bond donors (Lipinski definition) is 2. The molecule has 0 aliphatic rings. The highest BCUT2D eigenvalue weighted by atomic mass is 35.5. The number of carboxylic acids is 1. The van der Waals surface area contributed by atoms with Gasteiger partial charge in [-0.2, -0.15) is 0 Å². The van der Waals surface area contributed by atoms with Gasteiger partial charge in [0.25, 0.3) is 0 Å². The molecule has 0 bridgehead atoms. The van der Waals surface area contributed by atoms with Gasteiger partial charge in [0.1, 0.15) is 22.4 Å². The van der Waals surface area contributed by atoms with Crippen LogP contribution < -0.4 is 5.43 Å². The van der Waals surface area contributed by atoms with Gasteiger partial charge in [0.15, 0.2) is 5.82 Å². The van der Waals surface area contributed by atoms with Crippen LogP contribution in [0.5, 0.6) is 0 Å². The van der Waals surface area contributed by atoms with Crippen molar-refractivity contribution in [3.63, 3.8) is 0 Å². The lowest BCUT2D eigenvalue weighted by Crippen LogP contribution is -2.17. The van der Waals surface area contributed by atoms with Gasteiger partial charge in [-0.15, -0.1) is 0 Å². The van der Waals surface area contributed by atoms with Crippen LogP contribution in [0.2, 0.25) is 5.15 Å². The number of hydrogen-bond acceptors (Lipinski definition) is 3. The second-order valence-corrected chi connectivity index (χ2v) is 7.16. The first kappa shape index (κ1) is 20.6. The molecule has 0 amide bonds. The number of carbonyl (C=O) groups is 1. The normalized spacial score (nSPS) is 11.1. The second-order valence-electron chi connectivity index (χ2n) is 6.77. The molecule has 0 aliphatic heterocycles. The maximum absolute atomic E-state index is 14.9. The highest BCUT2D eigenvalue weighted by Crippen LogP contribution is 2.27. The van der Waals surface area contributed by atoms with Crippen molar-refractivity contribution in [1.82, 2.24) is 9.97 Å². The number of aromatic amines is 1. The summed E-state index contributed by atoms with van der Waals surface area (Å²) in [5.74, 6) is -4.26. The first-order chi connectivity index (χ1) is 14.8. The third-order valence-electron chi connectivity index (χ3n) is 4.85. The van der Waals surface area contributed by atoms with Crippen molar-refractivity contribution in [3.8, 4) is 11.1 Å². The van der Waals surface area contributed by atoms with Crippen molar-refractivity contribution in [2.24, 2.45) is 0 Å². The molecule has 4 aromatic rings. The summed E-state index contributed by atoms with van der Waals surface area (Å²) in [5.41, 5.74) is -1.26. The van der Waals surface area contributed by atoms with Crippen LogP contribution in [0.25, 0.3) is 22.0 Å². The lowest BCUT2D eigenvalue weighted by atomic mass is 9.98.